The summed E-state index contributed by atoms with van der Waals surface area (Å²) in [6.45, 7) is 6.31. The van der Waals surface area contributed by atoms with Crippen LogP contribution < -0.4 is 5.32 Å². The van der Waals surface area contributed by atoms with Crippen molar-refractivity contribution < 1.29 is 9.53 Å². The summed E-state index contributed by atoms with van der Waals surface area (Å²) in [6.07, 6.45) is 6.66. The van der Waals surface area contributed by atoms with Crippen LogP contribution >= 0.6 is 0 Å². The summed E-state index contributed by atoms with van der Waals surface area (Å²) in [5.41, 5.74) is 1.17. The minimum absolute atomic E-state index is 0.174. The second-order valence-electron chi connectivity index (χ2n) is 5.92. The zero-order valence-electron chi connectivity index (χ0n) is 12.6. The van der Waals surface area contributed by atoms with E-state index in [1.807, 2.05) is 10.8 Å². The van der Waals surface area contributed by atoms with E-state index in [0.29, 0.717) is 11.8 Å². The van der Waals surface area contributed by atoms with Crippen LogP contribution in [0, 0.1) is 5.92 Å². The molecule has 0 aliphatic carbocycles. The van der Waals surface area contributed by atoms with E-state index in [2.05, 4.69) is 24.1 Å². The van der Waals surface area contributed by atoms with E-state index in [1.165, 1.54) is 12.8 Å². The van der Waals surface area contributed by atoms with Gasteiger partial charge in [0.2, 0.25) is 0 Å². The molecule has 1 saturated heterocycles. The number of methoxy groups -OCH3 is 1. The van der Waals surface area contributed by atoms with E-state index in [-0.39, 0.29) is 12.0 Å². The van der Waals surface area contributed by atoms with Crippen LogP contribution in [0.3, 0.4) is 0 Å². The molecule has 1 unspecified atom stereocenters. The van der Waals surface area contributed by atoms with Crippen LogP contribution in [0.15, 0.2) is 12.5 Å². The standard InChI is InChI=1S/C15H25N3O2/c1-11(2)8-13(15(19)20-3)18-10-17-9-14(18)12-4-6-16-7-5-12/h9-13,16H,4-8H2,1-3H3. The molecule has 1 fully saturated rings. The van der Waals surface area contributed by atoms with Crippen molar-refractivity contribution in [2.24, 2.45) is 5.92 Å². The van der Waals surface area contributed by atoms with Gasteiger partial charge in [0.05, 0.1) is 13.4 Å². The molecule has 1 aromatic rings. The summed E-state index contributed by atoms with van der Waals surface area (Å²) >= 11 is 0. The third-order valence-corrected chi connectivity index (χ3v) is 3.96. The topological polar surface area (TPSA) is 56.2 Å². The molecular weight excluding hydrogens is 254 g/mol. The minimum atomic E-state index is -0.257. The monoisotopic (exact) mass is 279 g/mol. The molecule has 0 spiro atoms. The lowest BCUT2D eigenvalue weighted by Gasteiger charge is -2.27. The summed E-state index contributed by atoms with van der Waals surface area (Å²) in [4.78, 5) is 16.4. The highest BCUT2D eigenvalue weighted by Crippen LogP contribution is 2.29. The number of ether oxygens (including phenoxy) is 1. The lowest BCUT2D eigenvalue weighted by atomic mass is 9.94. The fourth-order valence-electron chi connectivity index (χ4n) is 2.92. The zero-order valence-corrected chi connectivity index (χ0v) is 12.6. The molecule has 1 aliphatic rings. The van der Waals surface area contributed by atoms with Crippen molar-refractivity contribution in [1.82, 2.24) is 14.9 Å². The largest absolute Gasteiger partial charge is 0.467 e. The third kappa shape index (κ3) is 3.39. The van der Waals surface area contributed by atoms with Crippen molar-refractivity contribution in [3.8, 4) is 0 Å². The highest BCUT2D eigenvalue weighted by molar-refractivity contribution is 5.74. The highest BCUT2D eigenvalue weighted by atomic mass is 16.5. The van der Waals surface area contributed by atoms with Crippen LogP contribution in [0.2, 0.25) is 0 Å². The summed E-state index contributed by atoms with van der Waals surface area (Å²) in [5, 5.41) is 3.37. The lowest BCUT2D eigenvalue weighted by Crippen LogP contribution is -2.30. The van der Waals surface area contributed by atoms with Crippen molar-refractivity contribution in [1.29, 1.82) is 0 Å². The van der Waals surface area contributed by atoms with Crippen LogP contribution in [0.25, 0.3) is 0 Å². The van der Waals surface area contributed by atoms with Crippen LogP contribution in [0.1, 0.15) is 50.8 Å². The van der Waals surface area contributed by atoms with Gasteiger partial charge in [0, 0.05) is 17.8 Å². The van der Waals surface area contributed by atoms with Gasteiger partial charge in [-0.25, -0.2) is 9.78 Å². The van der Waals surface area contributed by atoms with Crippen molar-refractivity contribution in [3.05, 3.63) is 18.2 Å². The number of carbonyl (C=O) groups is 1. The molecule has 1 aromatic heterocycles. The maximum Gasteiger partial charge on any atom is 0.328 e. The first-order chi connectivity index (χ1) is 9.63. The average molecular weight is 279 g/mol. The van der Waals surface area contributed by atoms with Crippen molar-refractivity contribution in [2.75, 3.05) is 20.2 Å². The molecule has 2 rings (SSSR count). The summed E-state index contributed by atoms with van der Waals surface area (Å²) in [7, 11) is 1.46. The fraction of sp³-hybridized carbons (Fsp3) is 0.733. The fourth-order valence-corrected chi connectivity index (χ4v) is 2.92. The molecule has 1 atom stereocenters. The quantitative estimate of drug-likeness (QED) is 0.839. The van der Waals surface area contributed by atoms with Gasteiger partial charge in [0.15, 0.2) is 0 Å². The Hall–Kier alpha value is -1.36. The van der Waals surface area contributed by atoms with E-state index in [0.717, 1.165) is 32.4 Å². The summed E-state index contributed by atoms with van der Waals surface area (Å²) in [6, 6.07) is -0.257. The number of rotatable bonds is 5. The van der Waals surface area contributed by atoms with Gasteiger partial charge in [-0.1, -0.05) is 13.8 Å². The van der Waals surface area contributed by atoms with Gasteiger partial charge in [-0.05, 0) is 38.3 Å². The number of imidazole rings is 1. The third-order valence-electron chi connectivity index (χ3n) is 3.96. The van der Waals surface area contributed by atoms with Crippen LogP contribution in [-0.2, 0) is 9.53 Å². The Kier molecular flexibility index (Phi) is 5.17. The highest BCUT2D eigenvalue weighted by Gasteiger charge is 2.27. The number of nitrogens with zero attached hydrogens (tertiary/aromatic N) is 2. The molecule has 0 aromatic carbocycles. The Morgan fingerprint density at radius 1 is 1.50 bits per heavy atom. The lowest BCUT2D eigenvalue weighted by molar-refractivity contribution is -0.145. The van der Waals surface area contributed by atoms with E-state index >= 15 is 0 Å². The predicted octanol–water partition coefficient (Wildman–Crippen LogP) is 2.11. The molecule has 20 heavy (non-hydrogen) atoms. The zero-order chi connectivity index (χ0) is 14.5. The molecule has 0 bridgehead atoms. The molecular formula is C15H25N3O2. The Morgan fingerprint density at radius 2 is 2.20 bits per heavy atom. The Labute approximate surface area is 120 Å². The number of aromatic nitrogens is 2. The van der Waals surface area contributed by atoms with Gasteiger partial charge in [0.25, 0.3) is 0 Å². The van der Waals surface area contributed by atoms with Crippen LogP contribution in [0.4, 0.5) is 0 Å². The van der Waals surface area contributed by atoms with Crippen molar-refractivity contribution >= 4 is 5.97 Å². The molecule has 0 radical (unpaired) electrons. The van der Waals surface area contributed by atoms with Gasteiger partial charge < -0.3 is 14.6 Å². The summed E-state index contributed by atoms with van der Waals surface area (Å²) < 4.78 is 7.01. The number of hydrogen-bond acceptors (Lipinski definition) is 4. The minimum Gasteiger partial charge on any atom is -0.467 e. The first-order valence-corrected chi connectivity index (χ1v) is 7.43. The first kappa shape index (κ1) is 15.0. The molecule has 5 heteroatoms. The molecule has 2 heterocycles. The van der Waals surface area contributed by atoms with Crippen molar-refractivity contribution in [2.45, 2.75) is 45.1 Å². The molecule has 0 amide bonds. The van der Waals surface area contributed by atoms with E-state index in [9.17, 15) is 4.79 Å². The van der Waals surface area contributed by atoms with E-state index < -0.39 is 0 Å². The number of esters is 1. The predicted molar refractivity (Wildman–Crippen MR) is 77.6 cm³/mol. The average Bonchev–Trinajstić information content (AvgIpc) is 2.93. The Bertz CT molecular complexity index is 436. The van der Waals surface area contributed by atoms with Gasteiger partial charge in [0.1, 0.15) is 6.04 Å². The number of hydrogen-bond donors (Lipinski definition) is 1. The maximum atomic E-state index is 12.1. The second-order valence-corrected chi connectivity index (χ2v) is 5.92. The van der Waals surface area contributed by atoms with Crippen LogP contribution in [0.5, 0.6) is 0 Å². The van der Waals surface area contributed by atoms with Gasteiger partial charge >= 0.3 is 5.97 Å². The van der Waals surface area contributed by atoms with Gasteiger partial charge in [-0.15, -0.1) is 0 Å². The van der Waals surface area contributed by atoms with Gasteiger partial charge in [-0.3, -0.25) is 0 Å². The normalized spacial score (nSPS) is 18.2. The Morgan fingerprint density at radius 3 is 2.80 bits per heavy atom. The van der Waals surface area contributed by atoms with E-state index in [1.54, 1.807) is 6.33 Å². The maximum absolute atomic E-state index is 12.1. The molecule has 112 valence electrons. The smallest absolute Gasteiger partial charge is 0.328 e. The summed E-state index contributed by atoms with van der Waals surface area (Å²) in [5.74, 6) is 0.743. The first-order valence-electron chi connectivity index (χ1n) is 7.43. The molecule has 1 N–H and O–H groups in total. The molecule has 0 saturated carbocycles. The van der Waals surface area contributed by atoms with E-state index in [4.69, 9.17) is 4.74 Å². The van der Waals surface area contributed by atoms with Crippen molar-refractivity contribution in [3.63, 3.8) is 0 Å². The SMILES string of the molecule is COC(=O)C(CC(C)C)n1cncc1C1CCNCC1. The number of nitrogens with one attached hydrogen (secondary N) is 1. The second kappa shape index (κ2) is 6.88. The Balaban J connectivity index is 2.24. The number of piperidine rings is 1. The van der Waals surface area contributed by atoms with Gasteiger partial charge in [-0.2, -0.15) is 0 Å². The molecule has 1 aliphatic heterocycles. The van der Waals surface area contributed by atoms with Crippen LogP contribution in [-0.4, -0.2) is 35.7 Å². The number of carbonyl (C=O) groups excluding carboxylic acids is 1. The molecule has 5 nitrogen and oxygen atoms in total.